The monoisotopic (exact) mass is 303 g/mol. The number of nitrogens with zero attached hydrogens (tertiary/aromatic N) is 2. The SMILES string of the molecule is CCn1c(COC)c(N)c(=O)n1C1(C)CCS(=O)(=O)C1. The number of rotatable bonds is 4. The minimum absolute atomic E-state index is 0.0320. The molecule has 1 aromatic heterocycles. The van der Waals surface area contributed by atoms with Gasteiger partial charge >= 0.3 is 0 Å². The summed E-state index contributed by atoms with van der Waals surface area (Å²) in [4.78, 5) is 12.4. The molecule has 0 radical (unpaired) electrons. The molecular formula is C12H21N3O4S. The zero-order valence-electron chi connectivity index (χ0n) is 12.0. The van der Waals surface area contributed by atoms with Gasteiger partial charge in [0.05, 0.1) is 29.3 Å². The Balaban J connectivity index is 2.63. The summed E-state index contributed by atoms with van der Waals surface area (Å²) in [5.41, 5.74) is 5.54. The van der Waals surface area contributed by atoms with E-state index in [1.165, 1.54) is 11.8 Å². The Morgan fingerprint density at radius 2 is 2.10 bits per heavy atom. The van der Waals surface area contributed by atoms with Crippen molar-refractivity contribution in [2.24, 2.45) is 0 Å². The first kappa shape index (κ1) is 15.1. The molecule has 1 unspecified atom stereocenters. The maximum absolute atomic E-state index is 12.4. The quantitative estimate of drug-likeness (QED) is 0.840. The summed E-state index contributed by atoms with van der Waals surface area (Å²) in [5.74, 6) is 0.0696. The molecule has 2 rings (SSSR count). The number of nitrogen functional groups attached to an aromatic ring is 1. The minimum atomic E-state index is -3.10. The van der Waals surface area contributed by atoms with Crippen molar-refractivity contribution in [3.8, 4) is 0 Å². The van der Waals surface area contributed by atoms with E-state index in [1.807, 2.05) is 6.92 Å². The summed E-state index contributed by atoms with van der Waals surface area (Å²) >= 11 is 0. The van der Waals surface area contributed by atoms with Gasteiger partial charge in [-0.2, -0.15) is 0 Å². The number of hydrogen-bond donors (Lipinski definition) is 1. The molecule has 20 heavy (non-hydrogen) atoms. The third-order valence-corrected chi connectivity index (χ3v) is 5.75. The van der Waals surface area contributed by atoms with Crippen molar-refractivity contribution in [3.63, 3.8) is 0 Å². The number of ether oxygens (including phenoxy) is 1. The first-order chi connectivity index (χ1) is 9.25. The molecule has 0 amide bonds. The standard InChI is InChI=1S/C12H21N3O4S/c1-4-14-9(7-19-3)10(13)11(16)15(14)12(2)5-6-20(17,18)8-12/h4-8,13H2,1-3H3. The summed E-state index contributed by atoms with van der Waals surface area (Å²) in [6.07, 6.45) is 0.422. The van der Waals surface area contributed by atoms with Crippen LogP contribution in [0.25, 0.3) is 0 Å². The Morgan fingerprint density at radius 3 is 2.55 bits per heavy atom. The Morgan fingerprint density at radius 1 is 1.45 bits per heavy atom. The first-order valence-corrected chi connectivity index (χ1v) is 8.38. The fourth-order valence-electron chi connectivity index (χ4n) is 2.93. The van der Waals surface area contributed by atoms with Gasteiger partial charge in [-0.15, -0.1) is 0 Å². The van der Waals surface area contributed by atoms with Crippen molar-refractivity contribution in [3.05, 3.63) is 16.0 Å². The molecule has 0 aliphatic carbocycles. The van der Waals surface area contributed by atoms with Gasteiger partial charge in [-0.25, -0.2) is 13.1 Å². The molecule has 114 valence electrons. The van der Waals surface area contributed by atoms with Gasteiger partial charge in [0.1, 0.15) is 5.69 Å². The molecule has 0 spiro atoms. The summed E-state index contributed by atoms with van der Waals surface area (Å²) in [5, 5.41) is 0. The molecule has 1 aromatic rings. The van der Waals surface area contributed by atoms with Gasteiger partial charge in [-0.3, -0.25) is 9.48 Å². The van der Waals surface area contributed by atoms with E-state index in [1.54, 1.807) is 11.6 Å². The van der Waals surface area contributed by atoms with Gasteiger partial charge in [0.15, 0.2) is 9.84 Å². The maximum atomic E-state index is 12.4. The summed E-state index contributed by atoms with van der Waals surface area (Å²) in [7, 11) is -1.57. The Labute approximate surface area is 118 Å². The van der Waals surface area contributed by atoms with Crippen LogP contribution in [0.1, 0.15) is 26.0 Å². The fraction of sp³-hybridized carbons (Fsp3) is 0.750. The molecule has 1 aliphatic rings. The lowest BCUT2D eigenvalue weighted by Crippen LogP contribution is -2.42. The molecule has 0 aromatic carbocycles. The van der Waals surface area contributed by atoms with Gasteiger partial charge in [-0.1, -0.05) is 0 Å². The Kier molecular flexibility index (Phi) is 3.72. The van der Waals surface area contributed by atoms with E-state index in [9.17, 15) is 13.2 Å². The predicted molar refractivity (Wildman–Crippen MR) is 76.4 cm³/mol. The zero-order valence-corrected chi connectivity index (χ0v) is 12.9. The third kappa shape index (κ3) is 2.26. The van der Waals surface area contributed by atoms with Crippen LogP contribution in [0.4, 0.5) is 5.69 Å². The smallest absolute Gasteiger partial charge is 0.290 e. The van der Waals surface area contributed by atoms with E-state index in [-0.39, 0.29) is 29.4 Å². The van der Waals surface area contributed by atoms with Crippen LogP contribution in [0.3, 0.4) is 0 Å². The molecule has 1 aliphatic heterocycles. The number of nitrogens with two attached hydrogens (primary N) is 1. The van der Waals surface area contributed by atoms with Gasteiger partial charge in [0.25, 0.3) is 5.56 Å². The lowest BCUT2D eigenvalue weighted by atomic mass is 10.0. The van der Waals surface area contributed by atoms with Crippen molar-refractivity contribution in [1.29, 1.82) is 0 Å². The molecule has 7 nitrogen and oxygen atoms in total. The van der Waals surface area contributed by atoms with Crippen LogP contribution in [-0.2, 0) is 33.3 Å². The number of aromatic nitrogens is 2. The second kappa shape index (κ2) is 4.92. The highest BCUT2D eigenvalue weighted by Crippen LogP contribution is 2.31. The van der Waals surface area contributed by atoms with Crippen molar-refractivity contribution in [2.45, 2.75) is 39.0 Å². The van der Waals surface area contributed by atoms with Crippen molar-refractivity contribution in [1.82, 2.24) is 9.36 Å². The highest BCUT2D eigenvalue weighted by molar-refractivity contribution is 7.91. The van der Waals surface area contributed by atoms with Gasteiger partial charge in [0, 0.05) is 13.7 Å². The van der Waals surface area contributed by atoms with E-state index < -0.39 is 15.4 Å². The first-order valence-electron chi connectivity index (χ1n) is 6.56. The Bertz CT molecular complexity index is 674. The second-order valence-electron chi connectivity index (χ2n) is 5.47. The largest absolute Gasteiger partial charge is 0.393 e. The zero-order chi connectivity index (χ0) is 15.1. The molecule has 2 heterocycles. The highest BCUT2D eigenvalue weighted by Gasteiger charge is 2.43. The van der Waals surface area contributed by atoms with E-state index in [4.69, 9.17) is 10.5 Å². The topological polar surface area (TPSA) is 96.3 Å². The molecule has 1 atom stereocenters. The summed E-state index contributed by atoms with van der Waals surface area (Å²) in [6.45, 7) is 4.44. The van der Waals surface area contributed by atoms with Crippen molar-refractivity contribution in [2.75, 3.05) is 24.3 Å². The van der Waals surface area contributed by atoms with E-state index in [0.29, 0.717) is 18.7 Å². The van der Waals surface area contributed by atoms with Crippen LogP contribution in [0.5, 0.6) is 0 Å². The van der Waals surface area contributed by atoms with Crippen molar-refractivity contribution >= 4 is 15.5 Å². The molecule has 8 heteroatoms. The summed E-state index contributed by atoms with van der Waals surface area (Å²) < 4.78 is 31.9. The normalized spacial score (nSPS) is 25.1. The molecule has 1 saturated heterocycles. The molecule has 1 fully saturated rings. The van der Waals surface area contributed by atoms with E-state index in [0.717, 1.165) is 0 Å². The maximum Gasteiger partial charge on any atom is 0.290 e. The molecule has 2 N–H and O–H groups in total. The highest BCUT2D eigenvalue weighted by atomic mass is 32.2. The van der Waals surface area contributed by atoms with Crippen LogP contribution in [0.2, 0.25) is 0 Å². The van der Waals surface area contributed by atoms with Crippen LogP contribution in [-0.4, -0.2) is 36.4 Å². The van der Waals surface area contributed by atoms with Gasteiger partial charge in [0.2, 0.25) is 0 Å². The van der Waals surface area contributed by atoms with E-state index >= 15 is 0 Å². The van der Waals surface area contributed by atoms with Crippen molar-refractivity contribution < 1.29 is 13.2 Å². The van der Waals surface area contributed by atoms with E-state index in [2.05, 4.69) is 0 Å². The lowest BCUT2D eigenvalue weighted by Gasteiger charge is -2.27. The van der Waals surface area contributed by atoms with Crippen LogP contribution in [0.15, 0.2) is 4.79 Å². The average Bonchev–Trinajstić information content (AvgIpc) is 2.78. The van der Waals surface area contributed by atoms with Gasteiger partial charge < -0.3 is 10.5 Å². The van der Waals surface area contributed by atoms with Gasteiger partial charge in [-0.05, 0) is 20.3 Å². The molecule has 0 saturated carbocycles. The average molecular weight is 303 g/mol. The molecule has 0 bridgehead atoms. The predicted octanol–water partition coefficient (Wildman–Crippen LogP) is -0.0680. The lowest BCUT2D eigenvalue weighted by molar-refractivity contribution is 0.169. The minimum Gasteiger partial charge on any atom is -0.393 e. The number of anilines is 1. The van der Waals surface area contributed by atoms with Crippen LogP contribution in [0, 0.1) is 0 Å². The number of methoxy groups -OCH3 is 1. The number of hydrogen-bond acceptors (Lipinski definition) is 5. The number of sulfone groups is 1. The fourth-order valence-corrected chi connectivity index (χ4v) is 5.03. The van der Waals surface area contributed by atoms with Crippen LogP contribution >= 0.6 is 0 Å². The van der Waals surface area contributed by atoms with Crippen LogP contribution < -0.4 is 11.3 Å². The second-order valence-corrected chi connectivity index (χ2v) is 7.65. The third-order valence-electron chi connectivity index (χ3n) is 3.86. The summed E-state index contributed by atoms with van der Waals surface area (Å²) in [6, 6.07) is 0. The molecular weight excluding hydrogens is 282 g/mol. The Hall–Kier alpha value is -1.28.